The smallest absolute Gasteiger partial charge is 0.291 e. The first-order valence-corrected chi connectivity index (χ1v) is 10.8. The van der Waals surface area contributed by atoms with E-state index in [0.29, 0.717) is 38.5 Å². The Bertz CT molecular complexity index is 1300. The van der Waals surface area contributed by atoms with Crippen molar-refractivity contribution >= 4 is 34.5 Å². The summed E-state index contributed by atoms with van der Waals surface area (Å²) in [4.78, 5) is 30.2. The Morgan fingerprint density at radius 1 is 0.909 bits per heavy atom. The van der Waals surface area contributed by atoms with Gasteiger partial charge in [-0.1, -0.05) is 6.07 Å². The number of rotatable bonds is 7. The number of aryl methyl sites for hydroxylation is 1. The van der Waals surface area contributed by atoms with Crippen molar-refractivity contribution < 1.29 is 23.5 Å². The van der Waals surface area contributed by atoms with Crippen molar-refractivity contribution in [1.29, 1.82) is 0 Å². The van der Waals surface area contributed by atoms with Crippen molar-refractivity contribution in [2.45, 2.75) is 6.92 Å². The molecule has 2 heterocycles. The highest BCUT2D eigenvalue weighted by Crippen LogP contribution is 2.35. The van der Waals surface area contributed by atoms with Gasteiger partial charge in [0.2, 0.25) is 0 Å². The van der Waals surface area contributed by atoms with Crippen LogP contribution in [-0.2, 0) is 0 Å². The second-order valence-electron chi connectivity index (χ2n) is 6.97. The molecule has 2 N–H and O–H groups in total. The second kappa shape index (κ2) is 9.58. The molecule has 0 aliphatic rings. The summed E-state index contributed by atoms with van der Waals surface area (Å²) in [5.41, 5.74) is 2.51. The highest BCUT2D eigenvalue weighted by Gasteiger charge is 2.18. The van der Waals surface area contributed by atoms with E-state index in [0.717, 1.165) is 5.56 Å². The van der Waals surface area contributed by atoms with Crippen molar-refractivity contribution in [3.05, 3.63) is 77.2 Å². The van der Waals surface area contributed by atoms with E-state index in [4.69, 9.17) is 13.9 Å². The number of hydrogen-bond acceptors (Lipinski definition) is 7. The van der Waals surface area contributed by atoms with E-state index < -0.39 is 0 Å². The quantitative estimate of drug-likeness (QED) is 0.389. The molecule has 2 aromatic carbocycles. The molecule has 4 rings (SSSR count). The molecule has 33 heavy (non-hydrogen) atoms. The zero-order valence-corrected chi connectivity index (χ0v) is 19.0. The fourth-order valence-electron chi connectivity index (χ4n) is 3.16. The first kappa shape index (κ1) is 22.1. The van der Waals surface area contributed by atoms with Crippen LogP contribution in [0.3, 0.4) is 0 Å². The van der Waals surface area contributed by atoms with Gasteiger partial charge in [0.15, 0.2) is 17.3 Å². The van der Waals surface area contributed by atoms with Gasteiger partial charge in [0.1, 0.15) is 9.88 Å². The minimum atomic E-state index is -0.374. The van der Waals surface area contributed by atoms with Gasteiger partial charge in [-0.2, -0.15) is 0 Å². The number of nitrogens with zero attached hydrogens (tertiary/aromatic N) is 1. The summed E-state index contributed by atoms with van der Waals surface area (Å²) < 4.78 is 15.7. The van der Waals surface area contributed by atoms with Crippen LogP contribution >= 0.6 is 11.3 Å². The summed E-state index contributed by atoms with van der Waals surface area (Å²) in [5.74, 6) is 0.744. The van der Waals surface area contributed by atoms with E-state index in [1.165, 1.54) is 17.6 Å². The fourth-order valence-corrected chi connectivity index (χ4v) is 4.12. The monoisotopic (exact) mass is 463 g/mol. The first-order chi connectivity index (χ1) is 16.0. The SMILES string of the molecule is COc1ccc(-c2nc(C)c(C(=O)Nc3cccc(NC(=O)c4ccco4)c3)s2)cc1OC. The lowest BCUT2D eigenvalue weighted by atomic mass is 10.2. The molecule has 168 valence electrons. The highest BCUT2D eigenvalue weighted by molar-refractivity contribution is 7.17. The Labute approximate surface area is 194 Å². The number of amides is 2. The number of hydrogen-bond donors (Lipinski definition) is 2. The molecule has 0 radical (unpaired) electrons. The summed E-state index contributed by atoms with van der Waals surface area (Å²) in [6.07, 6.45) is 1.43. The number of methoxy groups -OCH3 is 2. The minimum absolute atomic E-state index is 0.201. The van der Waals surface area contributed by atoms with Crippen LogP contribution in [0.4, 0.5) is 11.4 Å². The van der Waals surface area contributed by atoms with Gasteiger partial charge >= 0.3 is 0 Å². The standard InChI is InChI=1S/C24H21N3O5S/c1-14-21(33-24(25-14)15-9-10-18(30-2)20(12-15)31-3)23(29)27-17-7-4-6-16(13-17)26-22(28)19-8-5-11-32-19/h4-13H,1-3H3,(H,26,28)(H,27,29). The Morgan fingerprint density at radius 2 is 1.64 bits per heavy atom. The third kappa shape index (κ3) is 4.88. The minimum Gasteiger partial charge on any atom is -0.493 e. The maximum Gasteiger partial charge on any atom is 0.291 e. The summed E-state index contributed by atoms with van der Waals surface area (Å²) in [6.45, 7) is 1.79. The van der Waals surface area contributed by atoms with E-state index in [2.05, 4.69) is 15.6 Å². The van der Waals surface area contributed by atoms with Gasteiger partial charge in [-0.3, -0.25) is 9.59 Å². The lowest BCUT2D eigenvalue weighted by Crippen LogP contribution is -2.13. The number of aromatic nitrogens is 1. The largest absolute Gasteiger partial charge is 0.493 e. The van der Waals surface area contributed by atoms with Crippen molar-refractivity contribution in [3.63, 3.8) is 0 Å². The first-order valence-electron chi connectivity index (χ1n) is 9.94. The lowest BCUT2D eigenvalue weighted by Gasteiger charge is -2.08. The molecular weight excluding hydrogens is 442 g/mol. The third-order valence-electron chi connectivity index (χ3n) is 4.76. The molecule has 9 heteroatoms. The maximum absolute atomic E-state index is 12.9. The van der Waals surface area contributed by atoms with Crippen molar-refractivity contribution in [3.8, 4) is 22.1 Å². The molecule has 0 aliphatic carbocycles. The third-order valence-corrected chi connectivity index (χ3v) is 5.96. The Balaban J connectivity index is 1.50. The predicted molar refractivity (Wildman–Crippen MR) is 126 cm³/mol. The number of carbonyl (C=O) groups excluding carboxylic acids is 2. The van der Waals surface area contributed by atoms with Gasteiger partial charge < -0.3 is 24.5 Å². The van der Waals surface area contributed by atoms with E-state index >= 15 is 0 Å². The number of benzene rings is 2. The van der Waals surface area contributed by atoms with Crippen LogP contribution < -0.4 is 20.1 Å². The lowest BCUT2D eigenvalue weighted by molar-refractivity contribution is 0.0995. The average Bonchev–Trinajstić information content (AvgIpc) is 3.49. The number of ether oxygens (including phenoxy) is 2. The number of nitrogens with one attached hydrogen (secondary N) is 2. The molecule has 0 fully saturated rings. The van der Waals surface area contributed by atoms with Gasteiger partial charge in [0, 0.05) is 16.9 Å². The van der Waals surface area contributed by atoms with Crippen LogP contribution in [0.1, 0.15) is 25.9 Å². The molecule has 0 aliphatic heterocycles. The number of carbonyl (C=O) groups is 2. The van der Waals surface area contributed by atoms with Crippen LogP contribution in [0.2, 0.25) is 0 Å². The van der Waals surface area contributed by atoms with Gasteiger partial charge in [-0.15, -0.1) is 11.3 Å². The van der Waals surface area contributed by atoms with Crippen LogP contribution in [0.5, 0.6) is 11.5 Å². The number of anilines is 2. The Hall–Kier alpha value is -4.11. The van der Waals surface area contributed by atoms with Crippen LogP contribution in [-0.4, -0.2) is 31.0 Å². The Kier molecular flexibility index (Phi) is 6.41. The van der Waals surface area contributed by atoms with Crippen LogP contribution in [0.25, 0.3) is 10.6 Å². The van der Waals surface area contributed by atoms with Gasteiger partial charge in [-0.05, 0) is 55.5 Å². The van der Waals surface area contributed by atoms with E-state index in [9.17, 15) is 9.59 Å². The van der Waals surface area contributed by atoms with E-state index in [1.54, 1.807) is 63.6 Å². The number of thiazole rings is 1. The van der Waals surface area contributed by atoms with Crippen molar-refractivity contribution in [2.75, 3.05) is 24.9 Å². The molecule has 2 aromatic heterocycles. The summed E-state index contributed by atoms with van der Waals surface area (Å²) in [6, 6.07) is 15.6. The second-order valence-corrected chi connectivity index (χ2v) is 7.97. The van der Waals surface area contributed by atoms with Crippen molar-refractivity contribution in [1.82, 2.24) is 4.98 Å². The van der Waals surface area contributed by atoms with Gasteiger partial charge in [-0.25, -0.2) is 4.98 Å². The highest BCUT2D eigenvalue weighted by atomic mass is 32.1. The number of furan rings is 1. The van der Waals surface area contributed by atoms with Crippen LogP contribution in [0.15, 0.2) is 65.3 Å². The molecule has 0 bridgehead atoms. The van der Waals surface area contributed by atoms with Gasteiger partial charge in [0.05, 0.1) is 26.2 Å². The molecule has 0 unspecified atom stereocenters. The molecule has 0 saturated carbocycles. The zero-order chi connectivity index (χ0) is 23.4. The van der Waals surface area contributed by atoms with Crippen molar-refractivity contribution in [2.24, 2.45) is 0 Å². The summed E-state index contributed by atoms with van der Waals surface area (Å²) >= 11 is 1.28. The molecule has 4 aromatic rings. The normalized spacial score (nSPS) is 10.5. The summed E-state index contributed by atoms with van der Waals surface area (Å²) in [7, 11) is 3.14. The fraction of sp³-hybridized carbons (Fsp3) is 0.125. The van der Waals surface area contributed by atoms with Gasteiger partial charge in [0.25, 0.3) is 11.8 Å². The molecule has 2 amide bonds. The molecular formula is C24H21N3O5S. The maximum atomic E-state index is 12.9. The average molecular weight is 464 g/mol. The summed E-state index contributed by atoms with van der Waals surface area (Å²) in [5, 5.41) is 6.30. The zero-order valence-electron chi connectivity index (χ0n) is 18.2. The molecule has 8 nitrogen and oxygen atoms in total. The van der Waals surface area contributed by atoms with E-state index in [-0.39, 0.29) is 17.6 Å². The van der Waals surface area contributed by atoms with Crippen LogP contribution in [0, 0.1) is 6.92 Å². The molecule has 0 spiro atoms. The topological polar surface area (TPSA) is 103 Å². The predicted octanol–water partition coefficient (Wildman–Crippen LogP) is 5.23. The van der Waals surface area contributed by atoms with E-state index in [1.807, 2.05) is 12.1 Å². The molecule has 0 saturated heterocycles. The Morgan fingerprint density at radius 3 is 2.30 bits per heavy atom. The molecule has 0 atom stereocenters.